The summed E-state index contributed by atoms with van der Waals surface area (Å²) >= 11 is 0. The number of carbonyl (C=O) groups excluding carboxylic acids is 2. The molecule has 28 heavy (non-hydrogen) atoms. The van der Waals surface area contributed by atoms with Crippen LogP contribution in [0.2, 0.25) is 0 Å². The average Bonchev–Trinajstić information content (AvgIpc) is 3.40. The highest BCUT2D eigenvalue weighted by Crippen LogP contribution is 2.24. The Balaban J connectivity index is 1.44. The molecule has 10 heteroatoms. The van der Waals surface area contributed by atoms with Crippen molar-refractivity contribution in [2.24, 2.45) is 0 Å². The second-order valence-electron chi connectivity index (χ2n) is 7.20. The summed E-state index contributed by atoms with van der Waals surface area (Å²) < 4.78 is 2.94. The van der Waals surface area contributed by atoms with Crippen molar-refractivity contribution in [1.82, 2.24) is 34.2 Å². The fourth-order valence-electron chi connectivity index (χ4n) is 4.08. The SMILES string of the molecule is Cc1c(C(=O)N2CCN3C(=O)CC[C@@H]3C2)cnn1-c1nn2cccc2c(=O)[nH]1. The van der Waals surface area contributed by atoms with Crippen molar-refractivity contribution >= 4 is 17.3 Å². The van der Waals surface area contributed by atoms with E-state index in [0.29, 0.717) is 42.8 Å². The van der Waals surface area contributed by atoms with Crippen LogP contribution in [0.5, 0.6) is 0 Å². The zero-order chi connectivity index (χ0) is 19.4. The Morgan fingerprint density at radius 3 is 3.00 bits per heavy atom. The Bertz CT molecular complexity index is 1160. The molecule has 1 N–H and O–H groups in total. The van der Waals surface area contributed by atoms with Crippen molar-refractivity contribution in [3.8, 4) is 5.95 Å². The van der Waals surface area contributed by atoms with E-state index in [4.69, 9.17) is 0 Å². The zero-order valence-electron chi connectivity index (χ0n) is 15.3. The highest BCUT2D eigenvalue weighted by atomic mass is 16.2. The first-order valence-electron chi connectivity index (χ1n) is 9.24. The first-order chi connectivity index (χ1) is 13.5. The number of hydrogen-bond donors (Lipinski definition) is 1. The van der Waals surface area contributed by atoms with Gasteiger partial charge in [0.05, 0.1) is 17.5 Å². The van der Waals surface area contributed by atoms with E-state index in [9.17, 15) is 14.4 Å². The summed E-state index contributed by atoms with van der Waals surface area (Å²) in [6.07, 6.45) is 4.54. The summed E-state index contributed by atoms with van der Waals surface area (Å²) in [5.74, 6) is 0.306. The summed E-state index contributed by atoms with van der Waals surface area (Å²) in [5, 5.41) is 8.63. The molecule has 0 aromatic carbocycles. The Morgan fingerprint density at radius 1 is 1.29 bits per heavy atom. The number of H-pyrrole nitrogens is 1. The number of carbonyl (C=O) groups is 2. The minimum Gasteiger partial charge on any atom is -0.336 e. The Kier molecular flexibility index (Phi) is 3.61. The van der Waals surface area contributed by atoms with Crippen LogP contribution in [0.4, 0.5) is 0 Å². The highest BCUT2D eigenvalue weighted by molar-refractivity contribution is 5.95. The normalized spacial score (nSPS) is 19.5. The molecule has 144 valence electrons. The minimum atomic E-state index is -0.278. The van der Waals surface area contributed by atoms with Crippen molar-refractivity contribution in [2.75, 3.05) is 19.6 Å². The minimum absolute atomic E-state index is 0.106. The van der Waals surface area contributed by atoms with Crippen LogP contribution in [0.3, 0.4) is 0 Å². The van der Waals surface area contributed by atoms with E-state index >= 15 is 0 Å². The fourth-order valence-corrected chi connectivity index (χ4v) is 4.08. The molecule has 0 bridgehead atoms. The third-order valence-corrected chi connectivity index (χ3v) is 5.61. The number of rotatable bonds is 2. The molecule has 3 aromatic heterocycles. The molecule has 2 aliphatic rings. The van der Waals surface area contributed by atoms with Crippen LogP contribution in [0, 0.1) is 6.92 Å². The molecule has 2 amide bonds. The Morgan fingerprint density at radius 2 is 2.14 bits per heavy atom. The van der Waals surface area contributed by atoms with Gasteiger partial charge in [-0.25, -0.2) is 9.20 Å². The van der Waals surface area contributed by atoms with Crippen molar-refractivity contribution < 1.29 is 9.59 Å². The first-order valence-corrected chi connectivity index (χ1v) is 9.24. The molecule has 0 saturated carbocycles. The summed E-state index contributed by atoms with van der Waals surface area (Å²) in [6.45, 7) is 3.40. The molecule has 0 aliphatic carbocycles. The zero-order valence-corrected chi connectivity index (χ0v) is 15.3. The van der Waals surface area contributed by atoms with E-state index in [2.05, 4.69) is 15.2 Å². The third-order valence-electron chi connectivity index (χ3n) is 5.61. The van der Waals surface area contributed by atoms with Gasteiger partial charge in [0, 0.05) is 38.3 Å². The van der Waals surface area contributed by atoms with Crippen molar-refractivity contribution in [2.45, 2.75) is 25.8 Å². The van der Waals surface area contributed by atoms with E-state index in [-0.39, 0.29) is 29.4 Å². The summed E-state index contributed by atoms with van der Waals surface area (Å²) in [4.78, 5) is 43.4. The Hall–Kier alpha value is -3.43. The molecule has 2 fully saturated rings. The lowest BCUT2D eigenvalue weighted by Crippen LogP contribution is -2.53. The van der Waals surface area contributed by atoms with Gasteiger partial charge in [0.15, 0.2) is 0 Å². The van der Waals surface area contributed by atoms with Crippen LogP contribution in [0.15, 0.2) is 29.3 Å². The lowest BCUT2D eigenvalue weighted by Gasteiger charge is -2.37. The van der Waals surface area contributed by atoms with Gasteiger partial charge in [0.2, 0.25) is 11.9 Å². The molecular formula is C18H19N7O3. The quantitative estimate of drug-likeness (QED) is 0.670. The van der Waals surface area contributed by atoms with Gasteiger partial charge in [-0.1, -0.05) is 0 Å². The van der Waals surface area contributed by atoms with Gasteiger partial charge in [-0.2, -0.15) is 5.10 Å². The summed E-state index contributed by atoms with van der Waals surface area (Å²) in [5.41, 5.74) is 1.23. The van der Waals surface area contributed by atoms with Crippen LogP contribution >= 0.6 is 0 Å². The molecule has 0 spiro atoms. The maximum absolute atomic E-state index is 13.0. The van der Waals surface area contributed by atoms with Gasteiger partial charge in [0.1, 0.15) is 5.52 Å². The maximum atomic E-state index is 13.0. The molecule has 3 aromatic rings. The fraction of sp³-hybridized carbons (Fsp3) is 0.389. The van der Waals surface area contributed by atoms with Crippen molar-refractivity contribution in [3.05, 3.63) is 46.1 Å². The van der Waals surface area contributed by atoms with E-state index in [0.717, 1.165) is 6.42 Å². The summed E-state index contributed by atoms with van der Waals surface area (Å²) in [6, 6.07) is 3.52. The highest BCUT2D eigenvalue weighted by Gasteiger charge is 2.37. The molecule has 10 nitrogen and oxygen atoms in total. The van der Waals surface area contributed by atoms with Crippen molar-refractivity contribution in [1.29, 1.82) is 0 Å². The predicted molar refractivity (Wildman–Crippen MR) is 98.3 cm³/mol. The number of nitrogens with zero attached hydrogens (tertiary/aromatic N) is 6. The molecule has 2 saturated heterocycles. The second kappa shape index (κ2) is 6.04. The maximum Gasteiger partial charge on any atom is 0.276 e. The molecule has 2 aliphatic heterocycles. The predicted octanol–water partition coefficient (Wildman–Crippen LogP) is -0.0365. The van der Waals surface area contributed by atoms with Gasteiger partial charge < -0.3 is 9.80 Å². The molecule has 1 atom stereocenters. The third kappa shape index (κ3) is 2.44. The van der Waals surface area contributed by atoms with E-state index < -0.39 is 0 Å². The number of nitrogens with one attached hydrogen (secondary N) is 1. The lowest BCUT2D eigenvalue weighted by molar-refractivity contribution is -0.130. The van der Waals surface area contributed by atoms with E-state index in [1.54, 1.807) is 30.2 Å². The molecular weight excluding hydrogens is 362 g/mol. The van der Waals surface area contributed by atoms with Crippen LogP contribution in [-0.4, -0.2) is 71.7 Å². The standard InChI is InChI=1S/C18H19N7O3/c1-11-13(17(28)22-7-8-23-12(10-22)4-5-15(23)26)9-19-25(11)18-20-16(27)14-3-2-6-24(14)21-18/h2-3,6,9,12H,4-5,7-8,10H2,1H3,(H,20,21,27)/t12-/m1/s1. The molecule has 0 unspecified atom stereocenters. The van der Waals surface area contributed by atoms with E-state index in [1.165, 1.54) is 15.4 Å². The lowest BCUT2D eigenvalue weighted by atomic mass is 10.1. The molecule has 0 radical (unpaired) electrons. The van der Waals surface area contributed by atoms with Crippen LogP contribution in [-0.2, 0) is 4.79 Å². The topological polar surface area (TPSA) is 109 Å². The first kappa shape index (κ1) is 16.7. The van der Waals surface area contributed by atoms with Crippen LogP contribution in [0.1, 0.15) is 28.9 Å². The van der Waals surface area contributed by atoms with Crippen molar-refractivity contribution in [3.63, 3.8) is 0 Å². The second-order valence-corrected chi connectivity index (χ2v) is 7.20. The Labute approximate surface area is 159 Å². The molecule has 5 rings (SSSR count). The van der Waals surface area contributed by atoms with Gasteiger partial charge in [0.25, 0.3) is 11.5 Å². The van der Waals surface area contributed by atoms with Gasteiger partial charge in [-0.05, 0) is 25.5 Å². The largest absolute Gasteiger partial charge is 0.336 e. The summed E-state index contributed by atoms with van der Waals surface area (Å²) in [7, 11) is 0. The number of hydrogen-bond acceptors (Lipinski definition) is 5. The number of aromatic nitrogens is 5. The average molecular weight is 381 g/mol. The number of aromatic amines is 1. The van der Waals surface area contributed by atoms with Crippen LogP contribution < -0.4 is 5.56 Å². The van der Waals surface area contributed by atoms with Gasteiger partial charge in [-0.3, -0.25) is 19.4 Å². The number of fused-ring (bicyclic) bond motifs is 2. The smallest absolute Gasteiger partial charge is 0.276 e. The van der Waals surface area contributed by atoms with Gasteiger partial charge >= 0.3 is 0 Å². The molecule has 5 heterocycles. The van der Waals surface area contributed by atoms with Gasteiger partial charge in [-0.15, -0.1) is 5.10 Å². The number of piperazine rings is 1. The number of amides is 2. The van der Waals surface area contributed by atoms with Crippen LogP contribution in [0.25, 0.3) is 11.5 Å². The van der Waals surface area contributed by atoms with E-state index in [1.807, 2.05) is 4.90 Å². The monoisotopic (exact) mass is 381 g/mol.